The van der Waals surface area contributed by atoms with Crippen LogP contribution in [0.15, 0.2) is 54.6 Å². The Kier molecular flexibility index (Phi) is 8.32. The molecule has 0 saturated carbocycles. The Bertz CT molecular complexity index is 670. The third-order valence-corrected chi connectivity index (χ3v) is 4.27. The van der Waals surface area contributed by atoms with Crippen molar-refractivity contribution in [3.8, 4) is 0 Å². The maximum atomic E-state index is 12.3. The first kappa shape index (κ1) is 20.1. The highest BCUT2D eigenvalue weighted by molar-refractivity contribution is 5.94. The van der Waals surface area contributed by atoms with E-state index in [2.05, 4.69) is 54.4 Å². The Morgan fingerprint density at radius 3 is 2.46 bits per heavy atom. The lowest BCUT2D eigenvalue weighted by atomic mass is 10.1. The molecular weight excluding hydrogens is 322 g/mol. The van der Waals surface area contributed by atoms with Gasteiger partial charge in [-0.1, -0.05) is 56.3 Å². The van der Waals surface area contributed by atoms with Gasteiger partial charge in [0.25, 0.3) is 5.91 Å². The summed E-state index contributed by atoms with van der Waals surface area (Å²) in [4.78, 5) is 14.6. The van der Waals surface area contributed by atoms with Gasteiger partial charge in [0.1, 0.15) is 0 Å². The van der Waals surface area contributed by atoms with Crippen molar-refractivity contribution < 1.29 is 4.79 Å². The second-order valence-electron chi connectivity index (χ2n) is 7.10. The van der Waals surface area contributed by atoms with Crippen LogP contribution < -0.4 is 11.1 Å². The molecule has 140 valence electrons. The second-order valence-corrected chi connectivity index (χ2v) is 7.10. The summed E-state index contributed by atoms with van der Waals surface area (Å²) in [6.45, 7) is 8.10. The van der Waals surface area contributed by atoms with Crippen molar-refractivity contribution in [2.24, 2.45) is 11.7 Å². The average molecular weight is 354 g/mol. The molecule has 0 saturated heterocycles. The molecule has 0 aliphatic rings. The number of nitrogens with zero attached hydrogens (tertiary/aromatic N) is 1. The molecule has 2 aromatic carbocycles. The van der Waals surface area contributed by atoms with Gasteiger partial charge < -0.3 is 11.1 Å². The zero-order valence-electron chi connectivity index (χ0n) is 15.9. The van der Waals surface area contributed by atoms with Gasteiger partial charge in [-0.05, 0) is 35.6 Å². The van der Waals surface area contributed by atoms with Crippen LogP contribution in [0.1, 0.15) is 35.3 Å². The highest BCUT2D eigenvalue weighted by atomic mass is 16.1. The number of nitrogens with two attached hydrogens (primary N) is 1. The fraction of sp³-hybridized carbons (Fsp3) is 0.409. The van der Waals surface area contributed by atoms with Gasteiger partial charge in [-0.3, -0.25) is 9.69 Å². The maximum absolute atomic E-state index is 12.3. The first-order valence-corrected chi connectivity index (χ1v) is 9.42. The molecule has 1 amide bonds. The Morgan fingerprint density at radius 2 is 1.77 bits per heavy atom. The predicted octanol–water partition coefficient (Wildman–Crippen LogP) is 3.08. The number of carbonyl (C=O) groups is 1. The van der Waals surface area contributed by atoms with Gasteiger partial charge >= 0.3 is 0 Å². The largest absolute Gasteiger partial charge is 0.352 e. The molecule has 2 rings (SSSR count). The van der Waals surface area contributed by atoms with Gasteiger partial charge in [0.2, 0.25) is 0 Å². The zero-order valence-corrected chi connectivity index (χ0v) is 15.9. The lowest BCUT2D eigenvalue weighted by molar-refractivity contribution is 0.0949. The lowest BCUT2D eigenvalue weighted by Gasteiger charge is -2.22. The highest BCUT2D eigenvalue weighted by Crippen LogP contribution is 2.10. The summed E-state index contributed by atoms with van der Waals surface area (Å²) < 4.78 is 0. The monoisotopic (exact) mass is 353 g/mol. The summed E-state index contributed by atoms with van der Waals surface area (Å²) in [5, 5.41) is 2.98. The summed E-state index contributed by atoms with van der Waals surface area (Å²) in [5.41, 5.74) is 8.99. The van der Waals surface area contributed by atoms with E-state index in [0.29, 0.717) is 19.0 Å². The molecule has 4 heteroatoms. The molecule has 0 heterocycles. The summed E-state index contributed by atoms with van der Waals surface area (Å²) >= 11 is 0. The lowest BCUT2D eigenvalue weighted by Crippen LogP contribution is -2.31. The summed E-state index contributed by atoms with van der Waals surface area (Å²) in [5.74, 6) is 0.440. The van der Waals surface area contributed by atoms with Crippen LogP contribution >= 0.6 is 0 Å². The first-order chi connectivity index (χ1) is 12.6. The number of hydrogen-bond donors (Lipinski definition) is 2. The number of carbonyl (C=O) groups excluding carboxylic acids is 1. The van der Waals surface area contributed by atoms with Crippen molar-refractivity contribution in [3.63, 3.8) is 0 Å². The smallest absolute Gasteiger partial charge is 0.251 e. The van der Waals surface area contributed by atoms with Crippen molar-refractivity contribution in [2.75, 3.05) is 26.2 Å². The van der Waals surface area contributed by atoms with Gasteiger partial charge in [0.05, 0.1) is 0 Å². The minimum atomic E-state index is -0.00443. The summed E-state index contributed by atoms with van der Waals surface area (Å²) in [7, 11) is 0. The number of benzene rings is 2. The number of nitrogens with one attached hydrogen (secondary N) is 1. The van der Waals surface area contributed by atoms with Crippen LogP contribution in [0.4, 0.5) is 0 Å². The van der Waals surface area contributed by atoms with Crippen LogP contribution in [0.3, 0.4) is 0 Å². The summed E-state index contributed by atoms with van der Waals surface area (Å²) in [6, 6.07) is 18.4. The average Bonchev–Trinajstić information content (AvgIpc) is 2.65. The van der Waals surface area contributed by atoms with Gasteiger partial charge in [0, 0.05) is 38.3 Å². The fourth-order valence-corrected chi connectivity index (χ4v) is 2.85. The van der Waals surface area contributed by atoms with Crippen LogP contribution in [0.25, 0.3) is 0 Å². The molecule has 0 atom stereocenters. The van der Waals surface area contributed by atoms with E-state index in [-0.39, 0.29) is 5.91 Å². The molecule has 0 aliphatic carbocycles. The van der Waals surface area contributed by atoms with Gasteiger partial charge in [-0.2, -0.15) is 0 Å². The molecule has 2 aromatic rings. The number of hydrogen-bond acceptors (Lipinski definition) is 3. The van der Waals surface area contributed by atoms with Crippen LogP contribution in [0, 0.1) is 5.92 Å². The van der Waals surface area contributed by atoms with Crippen molar-refractivity contribution in [1.82, 2.24) is 10.2 Å². The van der Waals surface area contributed by atoms with Gasteiger partial charge in [-0.25, -0.2) is 0 Å². The van der Waals surface area contributed by atoms with E-state index in [4.69, 9.17) is 5.73 Å². The van der Waals surface area contributed by atoms with E-state index in [0.717, 1.165) is 37.2 Å². The quantitative estimate of drug-likeness (QED) is 0.690. The van der Waals surface area contributed by atoms with E-state index in [1.54, 1.807) is 0 Å². The molecule has 0 spiro atoms. The van der Waals surface area contributed by atoms with Crippen molar-refractivity contribution >= 4 is 5.91 Å². The molecule has 0 aromatic heterocycles. The standard InChI is InChI=1S/C22H31N3O/c1-18(2)16-24-22(26)21-10-6-9-20(15-21)17-25(14-12-23)13-11-19-7-4-3-5-8-19/h3-10,15,18H,11-14,16-17,23H2,1-2H3,(H,24,26). The molecule has 0 fully saturated rings. The molecule has 0 unspecified atom stereocenters. The van der Waals surface area contributed by atoms with Crippen LogP contribution in [0.2, 0.25) is 0 Å². The Balaban J connectivity index is 1.97. The molecule has 0 radical (unpaired) electrons. The minimum Gasteiger partial charge on any atom is -0.352 e. The SMILES string of the molecule is CC(C)CNC(=O)c1cccc(CN(CCN)CCc2ccccc2)c1. The summed E-state index contributed by atoms with van der Waals surface area (Å²) in [6.07, 6.45) is 0.995. The predicted molar refractivity (Wildman–Crippen MR) is 108 cm³/mol. The Labute approximate surface area is 157 Å². The molecule has 0 bridgehead atoms. The molecule has 0 aliphatic heterocycles. The van der Waals surface area contributed by atoms with Gasteiger partial charge in [-0.15, -0.1) is 0 Å². The normalized spacial score (nSPS) is 11.1. The fourth-order valence-electron chi connectivity index (χ4n) is 2.85. The van der Waals surface area contributed by atoms with E-state index >= 15 is 0 Å². The van der Waals surface area contributed by atoms with Crippen molar-refractivity contribution in [2.45, 2.75) is 26.8 Å². The number of amides is 1. The van der Waals surface area contributed by atoms with Crippen LogP contribution in [-0.2, 0) is 13.0 Å². The maximum Gasteiger partial charge on any atom is 0.251 e. The van der Waals surface area contributed by atoms with E-state index in [9.17, 15) is 4.79 Å². The molecule has 3 N–H and O–H groups in total. The third-order valence-electron chi connectivity index (χ3n) is 4.27. The minimum absolute atomic E-state index is 0.00443. The van der Waals surface area contributed by atoms with E-state index in [1.807, 2.05) is 24.3 Å². The van der Waals surface area contributed by atoms with E-state index in [1.165, 1.54) is 5.56 Å². The first-order valence-electron chi connectivity index (χ1n) is 9.42. The molecule has 4 nitrogen and oxygen atoms in total. The molecule has 26 heavy (non-hydrogen) atoms. The third kappa shape index (κ3) is 6.98. The van der Waals surface area contributed by atoms with Gasteiger partial charge in [0.15, 0.2) is 0 Å². The topological polar surface area (TPSA) is 58.4 Å². The Hall–Kier alpha value is -2.17. The highest BCUT2D eigenvalue weighted by Gasteiger charge is 2.10. The van der Waals surface area contributed by atoms with Crippen molar-refractivity contribution in [3.05, 3.63) is 71.3 Å². The van der Waals surface area contributed by atoms with E-state index < -0.39 is 0 Å². The molecular formula is C22H31N3O. The van der Waals surface area contributed by atoms with Crippen molar-refractivity contribution in [1.29, 1.82) is 0 Å². The number of rotatable bonds is 10. The van der Waals surface area contributed by atoms with Crippen LogP contribution in [-0.4, -0.2) is 37.0 Å². The second kappa shape index (κ2) is 10.7. The Morgan fingerprint density at radius 1 is 1.04 bits per heavy atom. The zero-order chi connectivity index (χ0) is 18.8. The van der Waals surface area contributed by atoms with Crippen LogP contribution in [0.5, 0.6) is 0 Å².